The minimum Gasteiger partial charge on any atom is -0.494 e. The van der Waals surface area contributed by atoms with Gasteiger partial charge >= 0.3 is 0 Å². The van der Waals surface area contributed by atoms with Gasteiger partial charge in [-0.1, -0.05) is 0 Å². The Hall–Kier alpha value is -2.49. The number of fused-ring (bicyclic) bond motifs is 1. The van der Waals surface area contributed by atoms with Crippen molar-refractivity contribution in [3.8, 4) is 17.0 Å². The largest absolute Gasteiger partial charge is 0.494 e. The van der Waals surface area contributed by atoms with E-state index in [-0.39, 0.29) is 17.6 Å². The van der Waals surface area contributed by atoms with E-state index in [0.29, 0.717) is 35.0 Å². The van der Waals surface area contributed by atoms with Gasteiger partial charge in [0.2, 0.25) is 0 Å². The number of hydrogen-bond acceptors (Lipinski definition) is 6. The van der Waals surface area contributed by atoms with Gasteiger partial charge in [-0.3, -0.25) is 9.20 Å². The number of aliphatic hydroxyl groups excluding tert-OH is 1. The lowest BCUT2D eigenvalue weighted by Crippen LogP contribution is -2.45. The van der Waals surface area contributed by atoms with Gasteiger partial charge in [0.15, 0.2) is 16.5 Å². The first-order valence-corrected chi connectivity index (χ1v) is 9.92. The van der Waals surface area contributed by atoms with Gasteiger partial charge in [-0.15, -0.1) is 11.3 Å². The number of benzene rings is 1. The van der Waals surface area contributed by atoms with Gasteiger partial charge in [0.05, 0.1) is 18.9 Å². The van der Waals surface area contributed by atoms with Gasteiger partial charge in [-0.2, -0.15) is 0 Å². The van der Waals surface area contributed by atoms with Crippen LogP contribution in [0.3, 0.4) is 0 Å². The summed E-state index contributed by atoms with van der Waals surface area (Å²) in [5.41, 5.74) is 1.66. The molecule has 148 valence electrons. The maximum Gasteiger partial charge on any atom is 0.269 e. The monoisotopic (exact) mass is 404 g/mol. The van der Waals surface area contributed by atoms with Gasteiger partial charge in [0, 0.05) is 36.1 Å². The van der Waals surface area contributed by atoms with Crippen LogP contribution in [0.4, 0.5) is 4.39 Å². The summed E-state index contributed by atoms with van der Waals surface area (Å²) in [7, 11) is 1.42. The molecular weight excluding hydrogens is 383 g/mol. The van der Waals surface area contributed by atoms with Crippen LogP contribution in [0.2, 0.25) is 0 Å². The standard InChI is InChI=1S/C19H21FN4O3S/c1-27-17-3-2-11(6-13(17)20)14-9-24-15(10-28-19(24)23-14)18(26)22-7-12-4-5-21-8-16(12)25/h2-3,6,9-10,12,16,21,25H,4-5,7-8H2,1H3,(H,22,26)/t12-,16+/m0/s1. The first kappa shape index (κ1) is 18.9. The molecule has 1 aliphatic heterocycles. The highest BCUT2D eigenvalue weighted by atomic mass is 32.1. The lowest BCUT2D eigenvalue weighted by molar-refractivity contribution is 0.0751. The number of methoxy groups -OCH3 is 1. The lowest BCUT2D eigenvalue weighted by atomic mass is 9.95. The van der Waals surface area contributed by atoms with Gasteiger partial charge in [0.25, 0.3) is 5.91 Å². The van der Waals surface area contributed by atoms with Gasteiger partial charge in [0.1, 0.15) is 5.69 Å². The van der Waals surface area contributed by atoms with E-state index in [1.54, 1.807) is 28.1 Å². The fourth-order valence-corrected chi connectivity index (χ4v) is 4.21. The molecule has 0 radical (unpaired) electrons. The average molecular weight is 404 g/mol. The molecule has 3 N–H and O–H groups in total. The summed E-state index contributed by atoms with van der Waals surface area (Å²) in [6.07, 6.45) is 2.08. The van der Waals surface area contributed by atoms with E-state index in [1.807, 2.05) is 0 Å². The van der Waals surface area contributed by atoms with E-state index in [2.05, 4.69) is 15.6 Å². The second kappa shape index (κ2) is 7.86. The smallest absolute Gasteiger partial charge is 0.269 e. The van der Waals surface area contributed by atoms with Crippen LogP contribution in [0.5, 0.6) is 5.75 Å². The van der Waals surface area contributed by atoms with Crippen LogP contribution in [0.15, 0.2) is 29.8 Å². The molecule has 4 rings (SSSR count). The normalized spacial score (nSPS) is 19.7. The Labute approximate surface area is 165 Å². The number of carbonyl (C=O) groups is 1. The maximum atomic E-state index is 14.0. The van der Waals surface area contributed by atoms with Crippen LogP contribution in [0.1, 0.15) is 16.9 Å². The van der Waals surface area contributed by atoms with E-state index < -0.39 is 11.9 Å². The number of nitrogens with zero attached hydrogens (tertiary/aromatic N) is 2. The number of nitrogens with one attached hydrogen (secondary N) is 2. The summed E-state index contributed by atoms with van der Waals surface area (Å²) in [4.78, 5) is 17.8. The number of aromatic nitrogens is 2. The molecule has 3 heterocycles. The minimum absolute atomic E-state index is 0.0416. The molecule has 0 bridgehead atoms. The zero-order valence-corrected chi connectivity index (χ0v) is 16.1. The van der Waals surface area contributed by atoms with Crippen molar-refractivity contribution in [3.63, 3.8) is 0 Å². The number of carbonyl (C=O) groups excluding carboxylic acids is 1. The van der Waals surface area contributed by atoms with Crippen molar-refractivity contribution >= 4 is 22.2 Å². The van der Waals surface area contributed by atoms with Crippen LogP contribution in [0.25, 0.3) is 16.2 Å². The molecule has 28 heavy (non-hydrogen) atoms. The topological polar surface area (TPSA) is 87.9 Å². The van der Waals surface area contributed by atoms with Crippen molar-refractivity contribution in [2.75, 3.05) is 26.7 Å². The number of halogens is 1. The van der Waals surface area contributed by atoms with Crippen molar-refractivity contribution in [1.82, 2.24) is 20.0 Å². The molecule has 1 amide bonds. The molecule has 0 spiro atoms. The Kier molecular flexibility index (Phi) is 5.29. The molecule has 1 fully saturated rings. The lowest BCUT2D eigenvalue weighted by Gasteiger charge is -2.28. The molecule has 0 aliphatic carbocycles. The molecule has 2 aromatic heterocycles. The number of β-amino-alcohol motifs (C(OH)–C–C–N with tert-alkyl or cyclic N) is 1. The van der Waals surface area contributed by atoms with Crippen molar-refractivity contribution < 1.29 is 19.0 Å². The quantitative estimate of drug-likeness (QED) is 0.605. The number of piperidine rings is 1. The van der Waals surface area contributed by atoms with Crippen molar-refractivity contribution in [1.29, 1.82) is 0 Å². The molecule has 0 saturated carbocycles. The number of aliphatic hydroxyl groups is 1. The molecular formula is C19H21FN4O3S. The van der Waals surface area contributed by atoms with Crippen LogP contribution in [0, 0.1) is 11.7 Å². The number of imidazole rings is 1. The third-order valence-electron chi connectivity index (χ3n) is 5.00. The van der Waals surface area contributed by atoms with E-state index in [1.165, 1.54) is 24.5 Å². The average Bonchev–Trinajstić information content (AvgIpc) is 3.28. The summed E-state index contributed by atoms with van der Waals surface area (Å²) in [6, 6.07) is 4.65. The Balaban J connectivity index is 1.52. The van der Waals surface area contributed by atoms with E-state index in [9.17, 15) is 14.3 Å². The number of rotatable bonds is 5. The fraction of sp³-hybridized carbons (Fsp3) is 0.368. The predicted molar refractivity (Wildman–Crippen MR) is 104 cm³/mol. The van der Waals surface area contributed by atoms with Crippen molar-refractivity contribution in [2.24, 2.45) is 5.92 Å². The number of hydrogen-bond donors (Lipinski definition) is 3. The van der Waals surface area contributed by atoms with Gasteiger partial charge in [-0.25, -0.2) is 9.37 Å². The molecule has 1 aromatic carbocycles. The summed E-state index contributed by atoms with van der Waals surface area (Å²) in [6.45, 7) is 1.81. The number of ether oxygens (including phenoxy) is 1. The first-order chi connectivity index (χ1) is 13.6. The number of thiazole rings is 1. The molecule has 0 unspecified atom stereocenters. The maximum absolute atomic E-state index is 14.0. The fourth-order valence-electron chi connectivity index (χ4n) is 3.36. The Bertz CT molecular complexity index is 1000. The summed E-state index contributed by atoms with van der Waals surface area (Å²) in [5, 5.41) is 17.8. The second-order valence-electron chi connectivity index (χ2n) is 6.78. The Morgan fingerprint density at radius 3 is 3.14 bits per heavy atom. The first-order valence-electron chi connectivity index (χ1n) is 9.04. The van der Waals surface area contributed by atoms with Crippen LogP contribution in [-0.2, 0) is 0 Å². The molecule has 7 nitrogen and oxygen atoms in total. The highest BCUT2D eigenvalue weighted by Gasteiger charge is 2.24. The molecule has 2 atom stereocenters. The van der Waals surface area contributed by atoms with Gasteiger partial charge in [-0.05, 0) is 31.2 Å². The van der Waals surface area contributed by atoms with Gasteiger partial charge < -0.3 is 20.5 Å². The van der Waals surface area contributed by atoms with E-state index >= 15 is 0 Å². The number of amides is 1. The Morgan fingerprint density at radius 1 is 1.54 bits per heavy atom. The Morgan fingerprint density at radius 2 is 2.39 bits per heavy atom. The molecule has 3 aromatic rings. The SMILES string of the molecule is COc1ccc(-c2cn3c(C(=O)NC[C@@H]4CCNC[C@H]4O)csc3n2)cc1F. The molecule has 9 heteroatoms. The highest BCUT2D eigenvalue weighted by molar-refractivity contribution is 7.15. The van der Waals surface area contributed by atoms with E-state index in [0.717, 1.165) is 13.0 Å². The molecule has 1 saturated heterocycles. The predicted octanol–water partition coefficient (Wildman–Crippen LogP) is 1.91. The zero-order chi connectivity index (χ0) is 19.7. The van der Waals surface area contributed by atoms with Crippen molar-refractivity contribution in [2.45, 2.75) is 12.5 Å². The zero-order valence-electron chi connectivity index (χ0n) is 15.3. The second-order valence-corrected chi connectivity index (χ2v) is 7.62. The summed E-state index contributed by atoms with van der Waals surface area (Å²) >= 11 is 1.34. The third kappa shape index (κ3) is 3.60. The minimum atomic E-state index is -0.463. The molecule has 1 aliphatic rings. The highest BCUT2D eigenvalue weighted by Crippen LogP contribution is 2.27. The van der Waals surface area contributed by atoms with E-state index in [4.69, 9.17) is 4.74 Å². The van der Waals surface area contributed by atoms with Crippen LogP contribution in [-0.4, -0.2) is 53.2 Å². The van der Waals surface area contributed by atoms with Crippen LogP contribution < -0.4 is 15.4 Å². The summed E-state index contributed by atoms with van der Waals surface area (Å²) in [5.74, 6) is -0.471. The summed E-state index contributed by atoms with van der Waals surface area (Å²) < 4.78 is 20.6. The van der Waals surface area contributed by atoms with Crippen molar-refractivity contribution in [3.05, 3.63) is 41.3 Å². The third-order valence-corrected chi connectivity index (χ3v) is 5.84. The van der Waals surface area contributed by atoms with Crippen LogP contribution >= 0.6 is 11.3 Å².